The minimum atomic E-state index is -0.597. The van der Waals surface area contributed by atoms with Crippen LogP contribution < -0.4 is 0 Å². The van der Waals surface area contributed by atoms with Crippen molar-refractivity contribution < 1.29 is 9.90 Å². The smallest absolute Gasteiger partial charge is 0.310 e. The zero-order valence-electron chi connectivity index (χ0n) is 11.0. The minimum Gasteiger partial charge on any atom is -0.481 e. The monoisotopic (exact) mass is 240 g/mol. The van der Waals surface area contributed by atoms with E-state index in [1.165, 1.54) is 19.4 Å². The van der Waals surface area contributed by atoms with Crippen LogP contribution in [-0.4, -0.2) is 60.6 Å². The van der Waals surface area contributed by atoms with Crippen molar-refractivity contribution in [3.8, 4) is 0 Å². The Morgan fingerprint density at radius 2 is 2.18 bits per heavy atom. The molecule has 17 heavy (non-hydrogen) atoms. The molecule has 1 saturated carbocycles. The molecular weight excluding hydrogens is 216 g/mol. The van der Waals surface area contributed by atoms with Gasteiger partial charge in [-0.2, -0.15) is 0 Å². The maximum atomic E-state index is 11.3. The highest BCUT2D eigenvalue weighted by molar-refractivity contribution is 5.76. The van der Waals surface area contributed by atoms with Gasteiger partial charge in [-0.3, -0.25) is 4.79 Å². The van der Waals surface area contributed by atoms with Crippen LogP contribution in [0.2, 0.25) is 0 Å². The van der Waals surface area contributed by atoms with Crippen LogP contribution in [0, 0.1) is 5.41 Å². The minimum absolute atomic E-state index is 0.440. The van der Waals surface area contributed by atoms with Gasteiger partial charge in [0.2, 0.25) is 0 Å². The molecule has 0 bridgehead atoms. The van der Waals surface area contributed by atoms with Gasteiger partial charge in [-0.15, -0.1) is 0 Å². The molecule has 4 nitrogen and oxygen atoms in total. The fraction of sp³-hybridized carbons (Fsp3) is 0.923. The van der Waals surface area contributed by atoms with E-state index in [4.69, 9.17) is 0 Å². The lowest BCUT2D eigenvalue weighted by molar-refractivity contribution is -0.156. The molecule has 0 spiro atoms. The number of carboxylic acid groups (broad SMARTS) is 1. The molecule has 0 radical (unpaired) electrons. The standard InChI is InChI=1S/C13H24N2O2/c1-14-8-3-5-11(9-14)15(2)10-13(12(16)17)6-4-7-13/h11H,3-10H2,1-2H3,(H,16,17). The Balaban J connectivity index is 1.91. The molecule has 1 aliphatic carbocycles. The van der Waals surface area contributed by atoms with Crippen LogP contribution >= 0.6 is 0 Å². The number of likely N-dealkylation sites (N-methyl/N-ethyl adjacent to an activating group) is 2. The Labute approximate surface area is 104 Å². The summed E-state index contributed by atoms with van der Waals surface area (Å²) < 4.78 is 0. The van der Waals surface area contributed by atoms with Crippen LogP contribution in [0.15, 0.2) is 0 Å². The number of carbonyl (C=O) groups is 1. The number of nitrogens with zero attached hydrogens (tertiary/aromatic N) is 2. The average molecular weight is 240 g/mol. The van der Waals surface area contributed by atoms with Crippen molar-refractivity contribution in [3.63, 3.8) is 0 Å². The first-order valence-corrected chi connectivity index (χ1v) is 6.66. The van der Waals surface area contributed by atoms with Crippen molar-refractivity contribution in [2.75, 3.05) is 33.7 Å². The molecule has 1 saturated heterocycles. The Morgan fingerprint density at radius 1 is 1.47 bits per heavy atom. The van der Waals surface area contributed by atoms with Gasteiger partial charge in [0.05, 0.1) is 5.41 Å². The molecule has 0 amide bonds. The highest BCUT2D eigenvalue weighted by atomic mass is 16.4. The van der Waals surface area contributed by atoms with Gasteiger partial charge in [0.15, 0.2) is 0 Å². The molecule has 0 aromatic rings. The molecule has 2 aliphatic rings. The van der Waals surface area contributed by atoms with E-state index in [0.29, 0.717) is 6.04 Å². The highest BCUT2D eigenvalue weighted by Crippen LogP contribution is 2.42. The molecule has 1 heterocycles. The van der Waals surface area contributed by atoms with Gasteiger partial charge in [-0.1, -0.05) is 6.42 Å². The summed E-state index contributed by atoms with van der Waals surface area (Å²) in [6, 6.07) is 0.533. The van der Waals surface area contributed by atoms with Gasteiger partial charge in [0.25, 0.3) is 0 Å². The van der Waals surface area contributed by atoms with E-state index in [1.54, 1.807) is 0 Å². The quantitative estimate of drug-likeness (QED) is 0.803. The zero-order chi connectivity index (χ0) is 12.5. The predicted octanol–water partition coefficient (Wildman–Crippen LogP) is 1.27. The van der Waals surface area contributed by atoms with Crippen molar-refractivity contribution in [2.24, 2.45) is 5.41 Å². The molecule has 0 aromatic carbocycles. The second kappa shape index (κ2) is 4.94. The molecule has 2 fully saturated rings. The lowest BCUT2D eigenvalue weighted by Crippen LogP contribution is -2.52. The average Bonchev–Trinajstić information content (AvgIpc) is 2.22. The summed E-state index contributed by atoms with van der Waals surface area (Å²) in [5.41, 5.74) is -0.440. The van der Waals surface area contributed by atoms with Gasteiger partial charge in [0.1, 0.15) is 0 Å². The number of carboxylic acids is 1. The summed E-state index contributed by atoms with van der Waals surface area (Å²) in [6.07, 6.45) is 5.22. The fourth-order valence-electron chi connectivity index (χ4n) is 3.15. The van der Waals surface area contributed by atoms with Crippen molar-refractivity contribution in [1.29, 1.82) is 0 Å². The number of piperidine rings is 1. The van der Waals surface area contributed by atoms with E-state index >= 15 is 0 Å². The summed E-state index contributed by atoms with van der Waals surface area (Å²) in [6.45, 7) is 2.97. The van der Waals surface area contributed by atoms with Gasteiger partial charge < -0.3 is 14.9 Å². The van der Waals surface area contributed by atoms with Crippen LogP contribution in [-0.2, 0) is 4.79 Å². The van der Waals surface area contributed by atoms with E-state index in [1.807, 2.05) is 0 Å². The zero-order valence-corrected chi connectivity index (χ0v) is 11.0. The number of aliphatic carboxylic acids is 1. The van der Waals surface area contributed by atoms with Crippen LogP contribution in [0.1, 0.15) is 32.1 Å². The van der Waals surface area contributed by atoms with E-state index in [2.05, 4.69) is 23.9 Å². The van der Waals surface area contributed by atoms with Crippen LogP contribution in [0.3, 0.4) is 0 Å². The van der Waals surface area contributed by atoms with Crippen molar-refractivity contribution in [1.82, 2.24) is 9.80 Å². The van der Waals surface area contributed by atoms with Gasteiger partial charge in [0, 0.05) is 19.1 Å². The fourth-order valence-corrected chi connectivity index (χ4v) is 3.15. The molecule has 4 heteroatoms. The third kappa shape index (κ3) is 2.63. The third-order valence-corrected chi connectivity index (χ3v) is 4.54. The summed E-state index contributed by atoms with van der Waals surface area (Å²) in [4.78, 5) is 16.0. The van der Waals surface area contributed by atoms with E-state index in [0.717, 1.165) is 32.4 Å². The van der Waals surface area contributed by atoms with Gasteiger partial charge in [-0.05, 0) is 46.3 Å². The maximum Gasteiger partial charge on any atom is 0.310 e. The van der Waals surface area contributed by atoms with Gasteiger partial charge in [-0.25, -0.2) is 0 Å². The van der Waals surface area contributed by atoms with Crippen LogP contribution in [0.4, 0.5) is 0 Å². The van der Waals surface area contributed by atoms with Crippen molar-refractivity contribution >= 4 is 5.97 Å². The first kappa shape index (κ1) is 12.8. The summed E-state index contributed by atoms with van der Waals surface area (Å²) in [7, 11) is 4.24. The molecule has 1 atom stereocenters. The second-order valence-electron chi connectivity index (χ2n) is 5.91. The molecule has 0 aromatic heterocycles. The summed E-state index contributed by atoms with van der Waals surface area (Å²) in [5, 5.41) is 9.35. The molecule has 98 valence electrons. The normalized spacial score (nSPS) is 29.0. The summed E-state index contributed by atoms with van der Waals surface area (Å²) in [5.74, 6) is -0.597. The lowest BCUT2D eigenvalue weighted by Gasteiger charge is -2.44. The number of likely N-dealkylation sites (tertiary alicyclic amines) is 1. The van der Waals surface area contributed by atoms with Crippen molar-refractivity contribution in [3.05, 3.63) is 0 Å². The largest absolute Gasteiger partial charge is 0.481 e. The van der Waals surface area contributed by atoms with E-state index in [-0.39, 0.29) is 0 Å². The van der Waals surface area contributed by atoms with Crippen LogP contribution in [0.5, 0.6) is 0 Å². The molecular formula is C13H24N2O2. The van der Waals surface area contributed by atoms with Crippen LogP contribution in [0.25, 0.3) is 0 Å². The Hall–Kier alpha value is -0.610. The highest BCUT2D eigenvalue weighted by Gasteiger charge is 2.45. The lowest BCUT2D eigenvalue weighted by atomic mass is 9.68. The molecule has 2 rings (SSSR count). The maximum absolute atomic E-state index is 11.3. The van der Waals surface area contributed by atoms with Gasteiger partial charge >= 0.3 is 5.97 Å². The Kier molecular flexibility index (Phi) is 3.73. The Bertz CT molecular complexity index is 289. The first-order valence-electron chi connectivity index (χ1n) is 6.66. The third-order valence-electron chi connectivity index (χ3n) is 4.54. The van der Waals surface area contributed by atoms with E-state index < -0.39 is 11.4 Å². The summed E-state index contributed by atoms with van der Waals surface area (Å²) >= 11 is 0. The number of rotatable bonds is 4. The number of hydrogen-bond acceptors (Lipinski definition) is 3. The predicted molar refractivity (Wildman–Crippen MR) is 67.1 cm³/mol. The topological polar surface area (TPSA) is 43.8 Å². The first-order chi connectivity index (χ1) is 8.03. The molecule has 1 aliphatic heterocycles. The molecule has 1 N–H and O–H groups in total. The van der Waals surface area contributed by atoms with Crippen molar-refractivity contribution in [2.45, 2.75) is 38.1 Å². The molecule has 1 unspecified atom stereocenters. The Morgan fingerprint density at radius 3 is 2.65 bits per heavy atom. The number of hydrogen-bond donors (Lipinski definition) is 1. The SMILES string of the molecule is CN1CCCC(N(C)CC2(C(=O)O)CCC2)C1. The van der Waals surface area contributed by atoms with E-state index in [9.17, 15) is 9.90 Å². The second-order valence-corrected chi connectivity index (χ2v) is 5.91.